The van der Waals surface area contributed by atoms with E-state index in [1.54, 1.807) is 29.2 Å². The van der Waals surface area contributed by atoms with E-state index in [1.165, 1.54) is 9.91 Å². The van der Waals surface area contributed by atoms with E-state index in [2.05, 4.69) is 29.9 Å². The van der Waals surface area contributed by atoms with Gasteiger partial charge in [-0.25, -0.2) is 9.80 Å². The molecule has 0 aromatic heterocycles. The quantitative estimate of drug-likeness (QED) is 0.262. The van der Waals surface area contributed by atoms with Gasteiger partial charge in [-0.15, -0.1) is 0 Å². The van der Waals surface area contributed by atoms with Crippen LogP contribution in [0.4, 0.5) is 4.79 Å². The number of imide groups is 1. The van der Waals surface area contributed by atoms with Gasteiger partial charge in [-0.3, -0.25) is 34.3 Å². The largest absolute Gasteiger partial charge is 0.333 e. The van der Waals surface area contributed by atoms with Crippen LogP contribution in [0.5, 0.6) is 0 Å². The molecule has 12 heteroatoms. The molecule has 1 aromatic rings. The molecule has 7 amide bonds. The molecular weight excluding hydrogens is 648 g/mol. The minimum Gasteiger partial charge on any atom is -0.333 e. The highest BCUT2D eigenvalue weighted by atomic mass is 16.2. The molecule has 3 unspecified atom stereocenters. The second-order valence-electron chi connectivity index (χ2n) is 18.3. The summed E-state index contributed by atoms with van der Waals surface area (Å²) in [5.41, 5.74) is 1.37. The van der Waals surface area contributed by atoms with Crippen LogP contribution in [0.1, 0.15) is 98.4 Å². The predicted molar refractivity (Wildman–Crippen MR) is 190 cm³/mol. The third kappa shape index (κ3) is 6.09. The van der Waals surface area contributed by atoms with Crippen molar-refractivity contribution in [3.05, 3.63) is 35.9 Å². The van der Waals surface area contributed by atoms with Crippen molar-refractivity contribution in [3.8, 4) is 0 Å². The summed E-state index contributed by atoms with van der Waals surface area (Å²) >= 11 is 0. The lowest BCUT2D eigenvalue weighted by atomic mass is 9.43. The lowest BCUT2D eigenvalue weighted by molar-refractivity contribution is -0.166. The van der Waals surface area contributed by atoms with Crippen molar-refractivity contribution in [2.45, 2.75) is 106 Å². The molecule has 2 saturated heterocycles. The number of hydrogen-bond donors (Lipinski definition) is 3. The van der Waals surface area contributed by atoms with Crippen LogP contribution in [-0.2, 0) is 19.2 Å². The normalized spacial score (nSPS) is 29.8. The summed E-state index contributed by atoms with van der Waals surface area (Å²) in [5, 5.41) is 7.26. The molecule has 3 aliphatic carbocycles. The van der Waals surface area contributed by atoms with Gasteiger partial charge in [-0.1, -0.05) is 80.5 Å². The topological polar surface area (TPSA) is 148 Å². The molecule has 1 aromatic carbocycles. The number of amides is 7. The molecule has 2 heterocycles. The van der Waals surface area contributed by atoms with Crippen LogP contribution < -0.4 is 16.1 Å². The summed E-state index contributed by atoms with van der Waals surface area (Å²) in [7, 11) is 0. The van der Waals surface area contributed by atoms with Crippen LogP contribution in [0.3, 0.4) is 0 Å². The Hall–Kier alpha value is -3.96. The molecule has 12 nitrogen and oxygen atoms in total. The Kier molecular flexibility index (Phi) is 9.11. The second-order valence-corrected chi connectivity index (χ2v) is 18.3. The van der Waals surface area contributed by atoms with E-state index >= 15 is 0 Å². The Morgan fingerprint density at radius 2 is 1.65 bits per heavy atom. The van der Waals surface area contributed by atoms with Crippen molar-refractivity contribution in [1.29, 1.82) is 0 Å². The summed E-state index contributed by atoms with van der Waals surface area (Å²) in [6, 6.07) is 5.79. The number of nitrogens with one attached hydrogen (secondary N) is 3. The van der Waals surface area contributed by atoms with Crippen molar-refractivity contribution in [3.63, 3.8) is 0 Å². The van der Waals surface area contributed by atoms with E-state index < -0.39 is 46.3 Å². The minimum atomic E-state index is -0.993. The zero-order chi connectivity index (χ0) is 37.4. The Bertz CT molecular complexity index is 1610. The standard InChI is InChI=1S/C39H56N6O6/c1-10-18-45(31(47)22-14-12-11-13-15-22)42-30(46)28-27-25(38(27,8)9)20-43(28)33(49)29(37(5,6)7)41-35(51)40-26(36(2,3)4)21-44-32(48)24-19-23-16-17-39(23,24)34(44)50/h11-15,23-29H,10,16-21H2,1-9H3,(H,42,46)(H2,40,41,51)/t23?,24?,25-,26+,27-,28-,29+,39?/m0/s1. The van der Waals surface area contributed by atoms with Gasteiger partial charge in [0.15, 0.2) is 0 Å². The average molecular weight is 705 g/mol. The Morgan fingerprint density at radius 1 is 0.980 bits per heavy atom. The maximum Gasteiger partial charge on any atom is 0.315 e. The van der Waals surface area contributed by atoms with E-state index in [4.69, 9.17) is 0 Å². The number of fused-ring (bicyclic) bond motifs is 1. The number of piperidine rings is 1. The number of hydrogen-bond acceptors (Lipinski definition) is 6. The number of benzene rings is 1. The van der Waals surface area contributed by atoms with E-state index in [1.807, 2.05) is 54.5 Å². The number of rotatable bonds is 9. The number of urea groups is 1. The van der Waals surface area contributed by atoms with Gasteiger partial charge in [0.05, 0.1) is 17.4 Å². The van der Waals surface area contributed by atoms with Crippen molar-refractivity contribution in [2.75, 3.05) is 19.6 Å². The van der Waals surface area contributed by atoms with Crippen LogP contribution in [-0.4, -0.2) is 88.1 Å². The molecule has 51 heavy (non-hydrogen) atoms. The third-order valence-corrected chi connectivity index (χ3v) is 12.8. The molecule has 0 bridgehead atoms. The van der Waals surface area contributed by atoms with Crippen molar-refractivity contribution in [1.82, 2.24) is 30.9 Å². The highest BCUT2D eigenvalue weighted by Crippen LogP contribution is 2.68. The molecule has 3 saturated carbocycles. The monoisotopic (exact) mass is 704 g/mol. The molecule has 3 N–H and O–H groups in total. The van der Waals surface area contributed by atoms with Crippen molar-refractivity contribution < 1.29 is 28.8 Å². The number of carbonyl (C=O) groups excluding carboxylic acids is 6. The van der Waals surface area contributed by atoms with Crippen LogP contribution in [0.25, 0.3) is 0 Å². The molecule has 6 rings (SSSR count). The van der Waals surface area contributed by atoms with Gasteiger partial charge in [-0.05, 0) is 71.8 Å². The Labute approximate surface area is 301 Å². The number of carbonyl (C=O) groups is 6. The molecule has 0 radical (unpaired) electrons. The van der Waals surface area contributed by atoms with Gasteiger partial charge >= 0.3 is 6.03 Å². The first kappa shape index (κ1) is 36.8. The summed E-state index contributed by atoms with van der Waals surface area (Å²) < 4.78 is 0. The maximum absolute atomic E-state index is 14.5. The van der Waals surface area contributed by atoms with Gasteiger partial charge in [0.2, 0.25) is 17.7 Å². The fraction of sp³-hybridized carbons (Fsp3) is 0.692. The van der Waals surface area contributed by atoms with Crippen LogP contribution in [0.15, 0.2) is 30.3 Å². The first-order valence-corrected chi connectivity index (χ1v) is 18.7. The summed E-state index contributed by atoms with van der Waals surface area (Å²) in [5.74, 6) is -1.33. The van der Waals surface area contributed by atoms with E-state index in [0.717, 1.165) is 19.3 Å². The maximum atomic E-state index is 14.5. The van der Waals surface area contributed by atoms with E-state index in [9.17, 15) is 28.8 Å². The molecule has 278 valence electrons. The summed E-state index contributed by atoms with van der Waals surface area (Å²) in [6.45, 7) is 18.3. The highest BCUT2D eigenvalue weighted by Gasteiger charge is 2.74. The fourth-order valence-electron chi connectivity index (χ4n) is 9.29. The van der Waals surface area contributed by atoms with Gasteiger partial charge < -0.3 is 15.5 Å². The van der Waals surface area contributed by atoms with Gasteiger partial charge in [0.25, 0.3) is 11.8 Å². The molecular formula is C39H56N6O6. The molecule has 5 fully saturated rings. The SMILES string of the molecule is CCCN(NC(=O)[C@@H]1[C@@H]2[C@H](CN1C(=O)[C@@H](NC(=O)N[C@H](CN1C(=O)C3CC4CCC43C1=O)C(C)(C)C)C(C)(C)C)C2(C)C)C(=O)c1ccccc1. The van der Waals surface area contributed by atoms with E-state index in [-0.39, 0.29) is 53.3 Å². The summed E-state index contributed by atoms with van der Waals surface area (Å²) in [4.78, 5) is 85.5. The average Bonchev–Trinajstić information content (AvgIpc) is 3.31. The fourth-order valence-corrected chi connectivity index (χ4v) is 9.29. The lowest BCUT2D eigenvalue weighted by Crippen LogP contribution is -2.63. The lowest BCUT2D eigenvalue weighted by Gasteiger charge is -2.57. The zero-order valence-electron chi connectivity index (χ0n) is 31.7. The first-order chi connectivity index (χ1) is 23.7. The first-order valence-electron chi connectivity index (χ1n) is 18.7. The van der Waals surface area contributed by atoms with Crippen LogP contribution in [0, 0.1) is 45.3 Å². The van der Waals surface area contributed by atoms with E-state index in [0.29, 0.717) is 31.0 Å². The van der Waals surface area contributed by atoms with Gasteiger partial charge in [0, 0.05) is 25.2 Å². The van der Waals surface area contributed by atoms with Crippen LogP contribution in [0.2, 0.25) is 0 Å². The molecule has 2 aliphatic heterocycles. The van der Waals surface area contributed by atoms with Crippen molar-refractivity contribution in [2.24, 2.45) is 45.3 Å². The van der Waals surface area contributed by atoms with Gasteiger partial charge in [-0.2, -0.15) is 0 Å². The zero-order valence-corrected chi connectivity index (χ0v) is 31.7. The van der Waals surface area contributed by atoms with Gasteiger partial charge in [0.1, 0.15) is 12.1 Å². The number of likely N-dealkylation sites (tertiary alicyclic amines) is 2. The molecule has 8 atom stereocenters. The second kappa shape index (κ2) is 12.6. The highest BCUT2D eigenvalue weighted by molar-refractivity contribution is 6.09. The molecule has 5 aliphatic rings. The summed E-state index contributed by atoms with van der Waals surface area (Å²) in [6.07, 6.45) is 3.11. The predicted octanol–water partition coefficient (Wildman–Crippen LogP) is 3.97. The Balaban J connectivity index is 1.17. The van der Waals surface area contributed by atoms with Crippen LogP contribution >= 0.6 is 0 Å². The number of nitrogens with zero attached hydrogens (tertiary/aromatic N) is 3. The Morgan fingerprint density at radius 3 is 2.18 bits per heavy atom. The molecule has 1 spiro atoms. The van der Waals surface area contributed by atoms with Crippen molar-refractivity contribution >= 4 is 35.6 Å². The number of hydrazine groups is 1. The smallest absolute Gasteiger partial charge is 0.315 e. The minimum absolute atomic E-state index is 0.0659. The third-order valence-electron chi connectivity index (χ3n) is 12.8.